The third-order valence-corrected chi connectivity index (χ3v) is 7.79. The zero-order valence-corrected chi connectivity index (χ0v) is 31.1. The Morgan fingerprint density at radius 1 is 0.633 bits per heavy atom. The minimum atomic E-state index is -4.77. The summed E-state index contributed by atoms with van der Waals surface area (Å²) in [5.41, 5.74) is 0. The summed E-state index contributed by atoms with van der Waals surface area (Å²) in [5.74, 6) is -0.967. The van der Waals surface area contributed by atoms with Crippen molar-refractivity contribution >= 4 is 19.8 Å². The van der Waals surface area contributed by atoms with Crippen LogP contribution in [0.4, 0.5) is 0 Å². The molecule has 0 aliphatic heterocycles. The molecule has 10 heteroatoms. The molecule has 0 fully saturated rings. The molecule has 49 heavy (non-hydrogen) atoms. The number of phosphoric ester groups is 1. The van der Waals surface area contributed by atoms with Crippen molar-refractivity contribution in [1.29, 1.82) is 0 Å². The molecule has 3 N–H and O–H groups in total. The van der Waals surface area contributed by atoms with Crippen LogP contribution in [0.1, 0.15) is 136 Å². The number of carbonyl (C=O) groups is 2. The van der Waals surface area contributed by atoms with Crippen LogP contribution >= 0.6 is 7.82 Å². The van der Waals surface area contributed by atoms with Crippen LogP contribution < -0.4 is 0 Å². The van der Waals surface area contributed by atoms with Crippen molar-refractivity contribution in [3.63, 3.8) is 0 Å². The number of carbonyl (C=O) groups excluding carboxylic acids is 2. The minimum absolute atomic E-state index is 0.173. The van der Waals surface area contributed by atoms with Gasteiger partial charge in [-0.2, -0.15) is 0 Å². The lowest BCUT2D eigenvalue weighted by atomic mass is 10.1. The first-order valence-electron chi connectivity index (χ1n) is 18.3. The van der Waals surface area contributed by atoms with Gasteiger partial charge in [-0.3, -0.25) is 14.1 Å². The fourth-order valence-corrected chi connectivity index (χ4v) is 4.96. The average Bonchev–Trinajstić information content (AvgIpc) is 3.06. The summed E-state index contributed by atoms with van der Waals surface area (Å²) in [5, 5.41) is 9.82. The van der Waals surface area contributed by atoms with E-state index in [1.54, 1.807) is 6.08 Å². The predicted octanol–water partition coefficient (Wildman–Crippen LogP) is 9.70. The predicted molar refractivity (Wildman–Crippen MR) is 199 cm³/mol. The molecule has 0 rings (SSSR count). The van der Waals surface area contributed by atoms with E-state index in [0.29, 0.717) is 19.3 Å². The fraction of sp³-hybridized carbons (Fsp3) is 0.641. The first-order chi connectivity index (χ1) is 23.7. The molecule has 2 atom stereocenters. The van der Waals surface area contributed by atoms with Crippen LogP contribution in [0.5, 0.6) is 0 Å². The maximum atomic E-state index is 12.3. The summed E-state index contributed by atoms with van der Waals surface area (Å²) < 4.78 is 26.2. The lowest BCUT2D eigenvalue weighted by Crippen LogP contribution is -2.29. The van der Waals surface area contributed by atoms with E-state index in [9.17, 15) is 19.3 Å². The van der Waals surface area contributed by atoms with Gasteiger partial charge in [-0.1, -0.05) is 125 Å². The number of hydrogen-bond donors (Lipinski definition) is 3. The van der Waals surface area contributed by atoms with Gasteiger partial charge in [0, 0.05) is 12.8 Å². The second-order valence-corrected chi connectivity index (χ2v) is 13.2. The highest BCUT2D eigenvalue weighted by atomic mass is 31.2. The molecule has 1 unspecified atom stereocenters. The van der Waals surface area contributed by atoms with E-state index >= 15 is 0 Å². The highest BCUT2D eigenvalue weighted by Gasteiger charge is 2.22. The van der Waals surface area contributed by atoms with Crippen molar-refractivity contribution in [1.82, 2.24) is 0 Å². The van der Waals surface area contributed by atoms with Crippen molar-refractivity contribution in [2.24, 2.45) is 0 Å². The van der Waals surface area contributed by atoms with E-state index in [-0.39, 0.29) is 19.4 Å². The number of ether oxygens (including phenoxy) is 2. The smallest absolute Gasteiger partial charge is 0.462 e. The Bertz CT molecular complexity index is 1040. The van der Waals surface area contributed by atoms with E-state index in [2.05, 4.69) is 60.9 Å². The summed E-state index contributed by atoms with van der Waals surface area (Å²) in [4.78, 5) is 42.7. The Kier molecular flexibility index (Phi) is 32.2. The lowest BCUT2D eigenvalue weighted by Gasteiger charge is -2.18. The van der Waals surface area contributed by atoms with Crippen molar-refractivity contribution in [2.45, 2.75) is 148 Å². The van der Waals surface area contributed by atoms with Gasteiger partial charge in [0.1, 0.15) is 6.61 Å². The van der Waals surface area contributed by atoms with Gasteiger partial charge in [0.15, 0.2) is 6.10 Å². The summed E-state index contributed by atoms with van der Waals surface area (Å²) in [7, 11) is -4.77. The summed E-state index contributed by atoms with van der Waals surface area (Å²) >= 11 is 0. The molecule has 0 amide bonds. The number of allylic oxidation sites excluding steroid dienone is 10. The number of aliphatic hydroxyl groups is 1. The van der Waals surface area contributed by atoms with Crippen molar-refractivity contribution in [3.8, 4) is 0 Å². The Balaban J connectivity index is 4.10. The van der Waals surface area contributed by atoms with Crippen LogP contribution in [-0.4, -0.2) is 52.3 Å². The molecule has 0 aromatic heterocycles. The maximum absolute atomic E-state index is 12.3. The fourth-order valence-electron chi connectivity index (χ4n) is 4.60. The highest BCUT2D eigenvalue weighted by molar-refractivity contribution is 7.46. The van der Waals surface area contributed by atoms with Gasteiger partial charge in [-0.25, -0.2) is 4.57 Å². The number of hydrogen-bond acceptors (Lipinski definition) is 7. The number of unbranched alkanes of at least 4 members (excludes halogenated alkanes) is 10. The minimum Gasteiger partial charge on any atom is -0.462 e. The monoisotopic (exact) mass is 708 g/mol. The molecular formula is C39H65O9P. The van der Waals surface area contributed by atoms with Crippen LogP contribution in [0.25, 0.3) is 0 Å². The molecule has 0 aromatic carbocycles. The molecule has 0 bridgehead atoms. The van der Waals surface area contributed by atoms with Gasteiger partial charge >= 0.3 is 19.8 Å². The number of esters is 2. The van der Waals surface area contributed by atoms with Crippen molar-refractivity contribution in [2.75, 3.05) is 13.2 Å². The van der Waals surface area contributed by atoms with Gasteiger partial charge in [0.2, 0.25) is 0 Å². The lowest BCUT2D eigenvalue weighted by molar-refractivity contribution is -0.161. The Morgan fingerprint density at radius 2 is 1.16 bits per heavy atom. The number of phosphoric acid groups is 1. The molecule has 0 saturated heterocycles. The second-order valence-electron chi connectivity index (χ2n) is 12.0. The molecule has 0 aliphatic rings. The molecule has 0 heterocycles. The standard InChI is InChI=1S/C39H65O9P/c1-3-5-7-8-9-10-11-12-13-14-15-18-22-25-29-33-39(42)48-37(35-47-49(43,44)45)34-46-38(41)32-28-24-21-19-16-17-20-23-27-31-36(40)30-26-6-4-2/h5-7,9-10,12-13,20,23,26-27,31,36-37,40H,3-4,8,11,14-19,21-22,24-25,28-30,32-35H2,1-2H3,(H2,43,44,45)/b7-5-,10-9-,13-12-,23-20+,26-6+,31-27+/t36?,37-/m1/s1. The Hall–Kier alpha value is -2.55. The highest BCUT2D eigenvalue weighted by Crippen LogP contribution is 2.36. The molecular weight excluding hydrogens is 643 g/mol. The second kappa shape index (κ2) is 33.9. The van der Waals surface area contributed by atoms with E-state index in [1.165, 1.54) is 0 Å². The summed E-state index contributed by atoms with van der Waals surface area (Å²) in [6, 6.07) is 0. The quantitative estimate of drug-likeness (QED) is 0.0205. The SMILES string of the molecule is CC/C=C\C/C=C\C/C=C\CCCCCCCC(=O)O[C@H](COC(=O)CCCCCCC/C=C/C=C/C(O)C/C=C/CC)COP(=O)(O)O. The van der Waals surface area contributed by atoms with E-state index in [0.717, 1.165) is 89.9 Å². The van der Waals surface area contributed by atoms with Gasteiger partial charge in [0.25, 0.3) is 0 Å². The molecule has 0 spiro atoms. The molecule has 0 saturated carbocycles. The van der Waals surface area contributed by atoms with Gasteiger partial charge in [-0.05, 0) is 70.6 Å². The van der Waals surface area contributed by atoms with E-state index < -0.39 is 38.6 Å². The molecule has 9 nitrogen and oxygen atoms in total. The van der Waals surface area contributed by atoms with E-state index in [4.69, 9.17) is 19.3 Å². The van der Waals surface area contributed by atoms with Gasteiger partial charge in [0.05, 0.1) is 12.7 Å². The number of rotatable bonds is 32. The van der Waals surface area contributed by atoms with Gasteiger partial charge < -0.3 is 24.4 Å². The first-order valence-corrected chi connectivity index (χ1v) is 19.9. The van der Waals surface area contributed by atoms with Crippen molar-refractivity contribution < 1.29 is 43.0 Å². The van der Waals surface area contributed by atoms with Crippen LogP contribution in [-0.2, 0) is 28.2 Å². The number of aliphatic hydroxyl groups excluding tert-OH is 1. The first kappa shape index (κ1) is 46.5. The topological polar surface area (TPSA) is 140 Å². The summed E-state index contributed by atoms with van der Waals surface area (Å²) in [6.45, 7) is 3.30. The normalized spacial score (nSPS) is 14.0. The molecule has 0 radical (unpaired) electrons. The van der Waals surface area contributed by atoms with Crippen LogP contribution in [0, 0.1) is 0 Å². The van der Waals surface area contributed by atoms with Crippen molar-refractivity contribution in [3.05, 3.63) is 72.9 Å². The van der Waals surface area contributed by atoms with Crippen LogP contribution in [0.15, 0.2) is 72.9 Å². The molecule has 0 aliphatic carbocycles. The third-order valence-electron chi connectivity index (χ3n) is 7.30. The van der Waals surface area contributed by atoms with Crippen LogP contribution in [0.3, 0.4) is 0 Å². The zero-order chi connectivity index (χ0) is 36.3. The molecule has 280 valence electrons. The zero-order valence-electron chi connectivity index (χ0n) is 30.2. The summed E-state index contributed by atoms with van der Waals surface area (Å²) in [6.07, 6.45) is 39.5. The Morgan fingerprint density at radius 3 is 1.80 bits per heavy atom. The van der Waals surface area contributed by atoms with Gasteiger partial charge in [-0.15, -0.1) is 0 Å². The maximum Gasteiger partial charge on any atom is 0.469 e. The molecule has 0 aromatic rings. The largest absolute Gasteiger partial charge is 0.469 e. The van der Waals surface area contributed by atoms with Crippen LogP contribution in [0.2, 0.25) is 0 Å². The van der Waals surface area contributed by atoms with E-state index in [1.807, 2.05) is 24.3 Å². The average molecular weight is 709 g/mol. The Labute approximate surface area is 296 Å². The third kappa shape index (κ3) is 36.6.